The quantitative estimate of drug-likeness (QED) is 0.0155. The van der Waals surface area contributed by atoms with E-state index in [1.807, 2.05) is 39.4 Å². The molecule has 1 unspecified atom stereocenters. The molecule has 1 aliphatic carbocycles. The summed E-state index contributed by atoms with van der Waals surface area (Å²) >= 11 is 0. The highest BCUT2D eigenvalue weighted by molar-refractivity contribution is 7.45. The van der Waals surface area contributed by atoms with Crippen molar-refractivity contribution in [2.45, 2.75) is 173 Å². The molecule has 58 heavy (non-hydrogen) atoms. The summed E-state index contributed by atoms with van der Waals surface area (Å²) < 4.78 is 34.3. The van der Waals surface area contributed by atoms with Crippen LogP contribution in [-0.2, 0) is 32.7 Å². The SMILES string of the molecule is CCCCCC/C=C\CCCCCCCC/C=C/O[C@H](COC(=O)CCC/C=C\C[C@H]1[C@@H](O)CC(=O)[C@@H]1/C=C/[C@@H](O)CCCCC)COP(=O)([O-])OCC[N+](C)(C)C. The van der Waals surface area contributed by atoms with Gasteiger partial charge in [0.25, 0.3) is 7.82 Å². The number of unbranched alkanes of at least 4 members (excludes halogenated alkanes) is 14. The van der Waals surface area contributed by atoms with Gasteiger partial charge in [-0.25, -0.2) is 0 Å². The first kappa shape index (κ1) is 53.9. The van der Waals surface area contributed by atoms with E-state index in [1.54, 1.807) is 12.2 Å². The third-order valence-corrected chi connectivity index (χ3v) is 11.3. The number of hydrogen-bond acceptors (Lipinski definition) is 10. The number of aliphatic hydroxyl groups excluding tert-OH is 2. The molecule has 1 fully saturated rings. The molecule has 6 atom stereocenters. The molecule has 0 bridgehead atoms. The molecule has 1 aliphatic rings. The first-order valence-corrected chi connectivity index (χ1v) is 24.0. The smallest absolute Gasteiger partial charge is 0.305 e. The second-order valence-corrected chi connectivity index (χ2v) is 18.3. The molecule has 336 valence electrons. The summed E-state index contributed by atoms with van der Waals surface area (Å²) in [6, 6.07) is 0. The molecule has 0 aliphatic heterocycles. The van der Waals surface area contributed by atoms with Crippen LogP contribution in [-0.4, -0.2) is 92.3 Å². The monoisotopic (exact) mass is 840 g/mol. The minimum atomic E-state index is -4.58. The zero-order valence-electron chi connectivity index (χ0n) is 36.9. The Morgan fingerprint density at radius 2 is 1.41 bits per heavy atom. The summed E-state index contributed by atoms with van der Waals surface area (Å²) in [4.78, 5) is 37.5. The number of ketones is 1. The Hall–Kier alpha value is -2.11. The molecule has 0 radical (unpaired) electrons. The first-order chi connectivity index (χ1) is 27.8. The Morgan fingerprint density at radius 3 is 2.07 bits per heavy atom. The maximum absolute atomic E-state index is 12.6. The Bertz CT molecular complexity index is 1230. The Kier molecular flexibility index (Phi) is 31.2. The lowest BCUT2D eigenvalue weighted by atomic mass is 9.90. The predicted molar refractivity (Wildman–Crippen MR) is 232 cm³/mol. The molecule has 0 aromatic rings. The molecule has 1 rings (SSSR count). The highest BCUT2D eigenvalue weighted by atomic mass is 31.2. The average Bonchev–Trinajstić information content (AvgIpc) is 3.44. The highest BCUT2D eigenvalue weighted by Crippen LogP contribution is 2.38. The standard InChI is InChI=1S/C46H82NO10P/c1-6-8-10-11-12-13-14-15-16-17-18-19-20-21-24-28-35-54-41(39-57-58(52,53)56-36-34-47(3,4)5)38-55-46(51)31-27-23-22-26-30-42-43(45(50)37-44(42)49)33-32-40(48)29-25-9-7-2/h13-14,22,26,28,32-33,35,40-44,48-49H,6-12,15-21,23-25,27,29-31,34,36-39H2,1-5H3/b14-13-,26-22-,33-32+,35-28+/t40-,41+,42+,43+,44-/m0/s1. The van der Waals surface area contributed by atoms with Crippen LogP contribution in [0, 0.1) is 11.8 Å². The summed E-state index contributed by atoms with van der Waals surface area (Å²) in [5, 5.41) is 20.7. The normalized spacial score (nSPS) is 19.9. The topological polar surface area (TPSA) is 152 Å². The molecule has 0 spiro atoms. The van der Waals surface area contributed by atoms with Crippen LogP contribution in [0.4, 0.5) is 0 Å². The number of hydrogen-bond donors (Lipinski definition) is 2. The van der Waals surface area contributed by atoms with Gasteiger partial charge in [0.15, 0.2) is 6.10 Å². The second-order valence-electron chi connectivity index (χ2n) is 16.9. The van der Waals surface area contributed by atoms with Gasteiger partial charge in [0, 0.05) is 24.7 Å². The molecular formula is C46H82NO10P. The van der Waals surface area contributed by atoms with E-state index in [4.69, 9.17) is 18.5 Å². The molecule has 0 amide bonds. The molecule has 0 saturated heterocycles. The van der Waals surface area contributed by atoms with E-state index in [1.165, 1.54) is 70.5 Å². The lowest BCUT2D eigenvalue weighted by molar-refractivity contribution is -0.870. The van der Waals surface area contributed by atoms with E-state index >= 15 is 0 Å². The number of likely N-dealkylation sites (N-methyl/N-ethyl adjacent to an activating group) is 1. The summed E-state index contributed by atoms with van der Waals surface area (Å²) in [6.07, 6.45) is 34.4. The van der Waals surface area contributed by atoms with Crippen molar-refractivity contribution < 1.29 is 52.3 Å². The molecule has 1 saturated carbocycles. The van der Waals surface area contributed by atoms with Gasteiger partial charge in [-0.2, -0.15) is 0 Å². The fourth-order valence-electron chi connectivity index (χ4n) is 6.62. The fourth-order valence-corrected chi connectivity index (χ4v) is 7.35. The van der Waals surface area contributed by atoms with E-state index < -0.39 is 38.0 Å². The summed E-state index contributed by atoms with van der Waals surface area (Å²) in [5.74, 6) is -1.11. The largest absolute Gasteiger partial charge is 0.756 e. The van der Waals surface area contributed by atoms with Gasteiger partial charge in [-0.1, -0.05) is 115 Å². The molecule has 0 aromatic heterocycles. The van der Waals surface area contributed by atoms with Gasteiger partial charge in [-0.05, 0) is 70.3 Å². The van der Waals surface area contributed by atoms with E-state index in [0.29, 0.717) is 36.7 Å². The van der Waals surface area contributed by atoms with Crippen LogP contribution in [0.2, 0.25) is 0 Å². The molecule has 11 nitrogen and oxygen atoms in total. The zero-order chi connectivity index (χ0) is 42.9. The number of Topliss-reactive ketones (excluding diaryl/α,β-unsaturated/α-hetero) is 1. The number of ether oxygens (including phenoxy) is 2. The van der Waals surface area contributed by atoms with Crippen LogP contribution in [0.15, 0.2) is 48.8 Å². The van der Waals surface area contributed by atoms with Crippen molar-refractivity contribution in [1.82, 2.24) is 0 Å². The fraction of sp³-hybridized carbons (Fsp3) is 0.783. The van der Waals surface area contributed by atoms with Gasteiger partial charge in [-0.3, -0.25) is 14.2 Å². The van der Waals surface area contributed by atoms with Crippen molar-refractivity contribution in [2.75, 3.05) is 47.5 Å². The number of aliphatic hydroxyl groups is 2. The van der Waals surface area contributed by atoms with Crippen LogP contribution < -0.4 is 4.89 Å². The summed E-state index contributed by atoms with van der Waals surface area (Å²) in [7, 11) is 1.21. The highest BCUT2D eigenvalue weighted by Gasteiger charge is 2.39. The van der Waals surface area contributed by atoms with Crippen molar-refractivity contribution in [1.29, 1.82) is 0 Å². The van der Waals surface area contributed by atoms with Crippen molar-refractivity contribution in [2.24, 2.45) is 11.8 Å². The van der Waals surface area contributed by atoms with Crippen LogP contribution in [0.1, 0.15) is 155 Å². The number of carbonyl (C=O) groups is 2. The molecule has 12 heteroatoms. The first-order valence-electron chi connectivity index (χ1n) is 22.5. The number of phosphoric acid groups is 1. The number of quaternary nitrogens is 1. The molecule has 0 heterocycles. The minimum Gasteiger partial charge on any atom is -0.756 e. The second kappa shape index (κ2) is 33.6. The van der Waals surface area contributed by atoms with Gasteiger partial charge < -0.3 is 38.1 Å². The van der Waals surface area contributed by atoms with Gasteiger partial charge >= 0.3 is 5.97 Å². The number of esters is 1. The van der Waals surface area contributed by atoms with E-state index in [9.17, 15) is 29.3 Å². The number of phosphoric ester groups is 1. The number of rotatable bonds is 37. The maximum atomic E-state index is 12.6. The number of nitrogens with zero attached hydrogens (tertiary/aromatic N) is 1. The van der Waals surface area contributed by atoms with E-state index in [2.05, 4.69) is 26.0 Å². The van der Waals surface area contributed by atoms with E-state index in [0.717, 1.165) is 38.5 Å². The third-order valence-electron chi connectivity index (χ3n) is 10.3. The van der Waals surface area contributed by atoms with Crippen LogP contribution >= 0.6 is 7.82 Å². The third kappa shape index (κ3) is 30.0. The Morgan fingerprint density at radius 1 is 0.828 bits per heavy atom. The van der Waals surface area contributed by atoms with Crippen molar-refractivity contribution in [3.05, 3.63) is 48.8 Å². The Labute approximate surface area is 352 Å². The predicted octanol–water partition coefficient (Wildman–Crippen LogP) is 9.46. The van der Waals surface area contributed by atoms with Crippen molar-refractivity contribution >= 4 is 19.6 Å². The number of allylic oxidation sites excluding steroid dienone is 6. The molecular weight excluding hydrogens is 757 g/mol. The van der Waals surface area contributed by atoms with Crippen molar-refractivity contribution in [3.8, 4) is 0 Å². The summed E-state index contributed by atoms with van der Waals surface area (Å²) in [5.41, 5.74) is 0. The van der Waals surface area contributed by atoms with E-state index in [-0.39, 0.29) is 44.4 Å². The number of carbonyl (C=O) groups excluding carboxylic acids is 2. The van der Waals surface area contributed by atoms with Gasteiger partial charge in [-0.15, -0.1) is 0 Å². The van der Waals surface area contributed by atoms with Crippen LogP contribution in [0.5, 0.6) is 0 Å². The van der Waals surface area contributed by atoms with Gasteiger partial charge in [0.2, 0.25) is 0 Å². The van der Waals surface area contributed by atoms with Gasteiger partial charge in [0.05, 0.1) is 46.2 Å². The van der Waals surface area contributed by atoms with Crippen molar-refractivity contribution in [3.63, 3.8) is 0 Å². The molecule has 0 aromatic carbocycles. The van der Waals surface area contributed by atoms with Crippen LogP contribution in [0.3, 0.4) is 0 Å². The molecule has 2 N–H and O–H groups in total. The average molecular weight is 840 g/mol. The summed E-state index contributed by atoms with van der Waals surface area (Å²) in [6.45, 7) is 4.27. The minimum absolute atomic E-state index is 0.0114. The Balaban J connectivity index is 2.47. The lowest BCUT2D eigenvalue weighted by Gasteiger charge is -2.28. The maximum Gasteiger partial charge on any atom is 0.305 e. The zero-order valence-corrected chi connectivity index (χ0v) is 37.8. The van der Waals surface area contributed by atoms with Gasteiger partial charge in [0.1, 0.15) is 25.5 Å². The van der Waals surface area contributed by atoms with Crippen LogP contribution in [0.25, 0.3) is 0 Å². The lowest BCUT2D eigenvalue weighted by Crippen LogP contribution is -2.37.